The fourth-order valence-electron chi connectivity index (χ4n) is 9.36. The normalized spacial score (nSPS) is 13.4. The van der Waals surface area contributed by atoms with E-state index in [0.29, 0.717) is 5.95 Å². The predicted molar refractivity (Wildman–Crippen MR) is 233 cm³/mol. The number of aromatic nitrogens is 3. The van der Waals surface area contributed by atoms with E-state index in [0.717, 1.165) is 37.9 Å². The highest BCUT2D eigenvalue weighted by Gasteiger charge is 2.36. The Hall–Kier alpha value is -6.62. The van der Waals surface area contributed by atoms with Crippen molar-refractivity contribution in [2.24, 2.45) is 0 Å². The van der Waals surface area contributed by atoms with Crippen LogP contribution in [-0.2, 0) is 5.41 Å². The van der Waals surface area contributed by atoms with Gasteiger partial charge < -0.3 is 0 Å². The van der Waals surface area contributed by atoms with Crippen LogP contribution in [0.2, 0.25) is 0 Å². The molecule has 0 saturated heterocycles. The molecule has 11 aromatic rings. The van der Waals surface area contributed by atoms with Crippen LogP contribution < -0.4 is 0 Å². The summed E-state index contributed by atoms with van der Waals surface area (Å²) in [6.07, 6.45) is 0. The fourth-order valence-corrected chi connectivity index (χ4v) is 10.5. The van der Waals surface area contributed by atoms with Crippen molar-refractivity contribution in [1.29, 1.82) is 0 Å². The van der Waals surface area contributed by atoms with E-state index in [-0.39, 0.29) is 5.41 Å². The molecule has 12 rings (SSSR count). The van der Waals surface area contributed by atoms with E-state index in [2.05, 4.69) is 182 Å². The Labute approximate surface area is 321 Å². The lowest BCUT2D eigenvalue weighted by atomic mass is 9.82. The lowest BCUT2D eigenvalue weighted by molar-refractivity contribution is 0.661. The predicted octanol–water partition coefficient (Wildman–Crippen LogP) is 13.9. The van der Waals surface area contributed by atoms with Gasteiger partial charge in [-0.3, -0.25) is 4.57 Å². The summed E-state index contributed by atoms with van der Waals surface area (Å²) >= 11 is 1.77. The number of thiophene rings is 1. The fraction of sp³-hybridized carbons (Fsp3) is 0.0588. The highest BCUT2D eigenvalue weighted by atomic mass is 32.1. The number of hydrogen-bond donors (Lipinski definition) is 0. The SMILES string of the molecule is CC1(C)c2ccccc2-c2c1ccc1cc3c(cc21)c1ccccc1n3-c1nc(-c2ccc(-c3cccc4ccccc34)cc2)c2sc3ccccc3c2n1. The van der Waals surface area contributed by atoms with Crippen LogP contribution in [0.15, 0.2) is 164 Å². The van der Waals surface area contributed by atoms with Crippen molar-refractivity contribution in [2.75, 3.05) is 0 Å². The van der Waals surface area contributed by atoms with E-state index in [1.54, 1.807) is 11.3 Å². The van der Waals surface area contributed by atoms with Gasteiger partial charge in [-0.25, -0.2) is 9.97 Å². The molecule has 3 heterocycles. The third kappa shape index (κ3) is 4.31. The van der Waals surface area contributed by atoms with Crippen LogP contribution in [0.5, 0.6) is 0 Å². The molecule has 8 aromatic carbocycles. The summed E-state index contributed by atoms with van der Waals surface area (Å²) < 4.78 is 4.60. The van der Waals surface area contributed by atoms with Crippen LogP contribution in [0, 0.1) is 0 Å². The Morgan fingerprint density at radius 1 is 0.491 bits per heavy atom. The molecule has 0 aliphatic heterocycles. The summed E-state index contributed by atoms with van der Waals surface area (Å²) in [4.78, 5) is 11.0. The van der Waals surface area contributed by atoms with Gasteiger partial charge in [-0.1, -0.05) is 153 Å². The Bertz CT molecular complexity index is 3400. The van der Waals surface area contributed by atoms with Gasteiger partial charge in [0.25, 0.3) is 0 Å². The molecule has 0 saturated carbocycles. The third-order valence-electron chi connectivity index (χ3n) is 12.0. The zero-order chi connectivity index (χ0) is 36.4. The minimum atomic E-state index is -0.0564. The summed E-state index contributed by atoms with van der Waals surface area (Å²) in [5.74, 6) is 0.683. The van der Waals surface area contributed by atoms with E-state index in [9.17, 15) is 0 Å². The lowest BCUT2D eigenvalue weighted by Gasteiger charge is -2.21. The van der Waals surface area contributed by atoms with E-state index in [4.69, 9.17) is 9.97 Å². The second-order valence-corrected chi connectivity index (χ2v) is 16.4. The van der Waals surface area contributed by atoms with Gasteiger partial charge in [-0.2, -0.15) is 0 Å². The summed E-state index contributed by atoms with van der Waals surface area (Å²) in [7, 11) is 0. The monoisotopic (exact) mass is 719 g/mol. The Kier molecular flexibility index (Phi) is 6.27. The molecular weight excluding hydrogens is 687 g/mol. The van der Waals surface area contributed by atoms with Crippen LogP contribution in [0.25, 0.3) is 103 Å². The molecule has 3 aromatic heterocycles. The van der Waals surface area contributed by atoms with Gasteiger partial charge in [-0.05, 0) is 79.2 Å². The standard InChI is InChI=1S/C51H33N3S/c1-51(2)41-19-8-5-16-37(41)46-39-29-40-36-15-6-9-20-43(36)54(44(40)28-33(39)26-27-42(46)51)50-52-47(49-48(53-50)38-17-7-10-21-45(38)55-49)32-24-22-31(23-25-32)35-18-11-13-30-12-3-4-14-34(30)35/h3-29H,1-2H3. The van der Waals surface area contributed by atoms with Crippen LogP contribution in [0.1, 0.15) is 25.0 Å². The summed E-state index contributed by atoms with van der Waals surface area (Å²) in [6, 6.07) is 59.8. The second kappa shape index (κ2) is 11.2. The van der Waals surface area contributed by atoms with Crippen molar-refractivity contribution < 1.29 is 0 Å². The van der Waals surface area contributed by atoms with Crippen molar-refractivity contribution in [2.45, 2.75) is 19.3 Å². The van der Waals surface area contributed by atoms with Gasteiger partial charge in [0.2, 0.25) is 5.95 Å². The molecule has 3 nitrogen and oxygen atoms in total. The largest absolute Gasteiger partial charge is 0.278 e. The first-order valence-electron chi connectivity index (χ1n) is 18.9. The first-order chi connectivity index (χ1) is 27.0. The van der Waals surface area contributed by atoms with Crippen LogP contribution in [0.3, 0.4) is 0 Å². The topological polar surface area (TPSA) is 30.7 Å². The number of fused-ring (bicyclic) bond motifs is 12. The third-order valence-corrected chi connectivity index (χ3v) is 13.2. The van der Waals surface area contributed by atoms with Gasteiger partial charge in [0.15, 0.2) is 0 Å². The Balaban J connectivity index is 1.11. The second-order valence-electron chi connectivity index (χ2n) is 15.4. The van der Waals surface area contributed by atoms with E-state index >= 15 is 0 Å². The summed E-state index contributed by atoms with van der Waals surface area (Å²) in [5.41, 5.74) is 13.1. The highest BCUT2D eigenvalue weighted by Crippen LogP contribution is 2.52. The average Bonchev–Trinajstić information content (AvgIpc) is 3.85. The van der Waals surface area contributed by atoms with Gasteiger partial charge in [0.1, 0.15) is 0 Å². The lowest BCUT2D eigenvalue weighted by Crippen LogP contribution is -2.14. The molecule has 1 aliphatic carbocycles. The van der Waals surface area contributed by atoms with Crippen molar-refractivity contribution in [3.8, 4) is 39.5 Å². The number of hydrogen-bond acceptors (Lipinski definition) is 3. The van der Waals surface area contributed by atoms with Crippen molar-refractivity contribution in [3.05, 3.63) is 175 Å². The number of rotatable bonds is 3. The molecule has 0 spiro atoms. The van der Waals surface area contributed by atoms with Gasteiger partial charge in [0.05, 0.1) is 26.9 Å². The molecule has 0 unspecified atom stereocenters. The summed E-state index contributed by atoms with van der Waals surface area (Å²) in [6.45, 7) is 4.70. The van der Waals surface area contributed by atoms with Crippen LogP contribution >= 0.6 is 11.3 Å². The zero-order valence-corrected chi connectivity index (χ0v) is 31.2. The molecule has 55 heavy (non-hydrogen) atoms. The smallest absolute Gasteiger partial charge is 0.235 e. The molecule has 258 valence electrons. The van der Waals surface area contributed by atoms with Gasteiger partial charge in [-0.15, -0.1) is 11.3 Å². The molecule has 0 atom stereocenters. The maximum Gasteiger partial charge on any atom is 0.235 e. The first kappa shape index (κ1) is 30.8. The van der Waals surface area contributed by atoms with E-state index in [1.807, 2.05) is 0 Å². The summed E-state index contributed by atoms with van der Waals surface area (Å²) in [5, 5.41) is 8.57. The molecule has 0 radical (unpaired) electrons. The molecule has 0 fully saturated rings. The van der Waals surface area contributed by atoms with E-state index < -0.39 is 0 Å². The quantitative estimate of drug-likeness (QED) is 0.182. The van der Waals surface area contributed by atoms with Crippen LogP contribution in [0.4, 0.5) is 0 Å². The molecule has 4 heteroatoms. The van der Waals surface area contributed by atoms with Gasteiger partial charge in [0, 0.05) is 31.8 Å². The highest BCUT2D eigenvalue weighted by molar-refractivity contribution is 7.26. The number of benzene rings is 8. The zero-order valence-electron chi connectivity index (χ0n) is 30.3. The minimum Gasteiger partial charge on any atom is -0.278 e. The van der Waals surface area contributed by atoms with Crippen LogP contribution in [-0.4, -0.2) is 14.5 Å². The van der Waals surface area contributed by atoms with Crippen molar-refractivity contribution in [3.63, 3.8) is 0 Å². The maximum atomic E-state index is 5.51. The average molecular weight is 720 g/mol. The van der Waals surface area contributed by atoms with Crippen molar-refractivity contribution in [1.82, 2.24) is 14.5 Å². The van der Waals surface area contributed by atoms with Gasteiger partial charge >= 0.3 is 0 Å². The Morgan fingerprint density at radius 3 is 2.09 bits per heavy atom. The maximum absolute atomic E-state index is 5.51. The van der Waals surface area contributed by atoms with E-state index in [1.165, 1.54) is 70.4 Å². The molecular formula is C51H33N3S. The molecule has 0 amide bonds. The van der Waals surface area contributed by atoms with Crippen molar-refractivity contribution >= 4 is 75.0 Å². The molecule has 0 bridgehead atoms. The molecule has 1 aliphatic rings. The molecule has 0 N–H and O–H groups in total. The minimum absolute atomic E-state index is 0.0564. The number of nitrogens with zero attached hydrogens (tertiary/aromatic N) is 3. The Morgan fingerprint density at radius 2 is 1.20 bits per heavy atom. The first-order valence-corrected chi connectivity index (χ1v) is 19.7. The number of para-hydroxylation sites is 1.